The Morgan fingerprint density at radius 1 is 1.06 bits per heavy atom. The highest BCUT2D eigenvalue weighted by atomic mass is 32.2. The van der Waals surface area contributed by atoms with Gasteiger partial charge in [0.05, 0.1) is 32.6 Å². The predicted molar refractivity (Wildman–Crippen MR) is 128 cm³/mol. The van der Waals surface area contributed by atoms with E-state index < -0.39 is 0 Å². The first-order chi connectivity index (χ1) is 15.3. The number of anilines is 2. The van der Waals surface area contributed by atoms with E-state index in [1.807, 2.05) is 18.3 Å². The molecule has 0 amide bonds. The van der Waals surface area contributed by atoms with Crippen LogP contribution in [-0.2, 0) is 9.47 Å². The molecule has 166 valence electrons. The fraction of sp³-hybridized carbons (Fsp3) is 0.478. The molecule has 8 heteroatoms. The molecule has 1 aromatic carbocycles. The van der Waals surface area contributed by atoms with Crippen molar-refractivity contribution in [3.05, 3.63) is 47.5 Å². The van der Waals surface area contributed by atoms with E-state index in [1.54, 1.807) is 11.8 Å². The lowest BCUT2D eigenvalue weighted by atomic mass is 10.2. The van der Waals surface area contributed by atoms with Crippen LogP contribution < -0.4 is 10.3 Å². The molecule has 2 aromatic rings. The van der Waals surface area contributed by atoms with Crippen LogP contribution in [0.25, 0.3) is 0 Å². The van der Waals surface area contributed by atoms with Crippen LogP contribution >= 0.6 is 11.8 Å². The fourth-order valence-electron chi connectivity index (χ4n) is 3.65. The summed E-state index contributed by atoms with van der Waals surface area (Å²) in [5.41, 5.74) is 6.58. The van der Waals surface area contributed by atoms with Gasteiger partial charge in [-0.3, -0.25) is 10.3 Å². The zero-order valence-electron chi connectivity index (χ0n) is 18.1. The molecule has 0 aliphatic carbocycles. The minimum absolute atomic E-state index is 0.760. The summed E-state index contributed by atoms with van der Waals surface area (Å²) in [5.74, 6) is 1.77. The van der Waals surface area contributed by atoms with Crippen LogP contribution in [0.1, 0.15) is 11.1 Å². The third-order valence-corrected chi connectivity index (χ3v) is 6.25. The van der Waals surface area contributed by atoms with E-state index in [9.17, 15) is 0 Å². The minimum Gasteiger partial charge on any atom is -0.379 e. The van der Waals surface area contributed by atoms with Crippen LogP contribution in [0.3, 0.4) is 0 Å². The molecular formula is C23H31N5O2S. The highest BCUT2D eigenvalue weighted by Crippen LogP contribution is 2.26. The number of morpholine rings is 2. The summed E-state index contributed by atoms with van der Waals surface area (Å²) in [6, 6.07) is 12.5. The molecule has 4 rings (SSSR count). The highest BCUT2D eigenvalue weighted by molar-refractivity contribution is 7.99. The van der Waals surface area contributed by atoms with Crippen molar-refractivity contribution in [2.75, 3.05) is 75.2 Å². The number of thioether (sulfide) groups is 1. The van der Waals surface area contributed by atoms with E-state index >= 15 is 0 Å². The molecule has 31 heavy (non-hydrogen) atoms. The summed E-state index contributed by atoms with van der Waals surface area (Å²) < 4.78 is 11.0. The third-order valence-electron chi connectivity index (χ3n) is 5.36. The number of nitrogens with one attached hydrogen (secondary N) is 1. The summed E-state index contributed by atoms with van der Waals surface area (Å²) in [4.78, 5) is 9.60. The zero-order valence-corrected chi connectivity index (χ0v) is 18.9. The maximum Gasteiger partial charge on any atom is 0.149 e. The molecule has 0 unspecified atom stereocenters. The Bertz CT molecular complexity index is 867. The fourth-order valence-corrected chi connectivity index (χ4v) is 4.58. The molecule has 0 atom stereocenters. The van der Waals surface area contributed by atoms with Gasteiger partial charge in [0, 0.05) is 50.2 Å². The number of nitrogens with zero attached hydrogens (tertiary/aromatic N) is 4. The van der Waals surface area contributed by atoms with Gasteiger partial charge in [0.15, 0.2) is 0 Å². The van der Waals surface area contributed by atoms with Crippen LogP contribution in [0.4, 0.5) is 11.5 Å². The normalized spacial score (nSPS) is 17.9. The van der Waals surface area contributed by atoms with E-state index in [0.29, 0.717) is 0 Å². The Balaban J connectivity index is 1.43. The lowest BCUT2D eigenvalue weighted by Gasteiger charge is -2.29. The van der Waals surface area contributed by atoms with Crippen LogP contribution in [0.2, 0.25) is 0 Å². The Morgan fingerprint density at radius 3 is 2.61 bits per heavy atom. The van der Waals surface area contributed by atoms with Crippen molar-refractivity contribution in [3.8, 4) is 0 Å². The largest absolute Gasteiger partial charge is 0.379 e. The van der Waals surface area contributed by atoms with Crippen molar-refractivity contribution in [2.45, 2.75) is 11.9 Å². The van der Waals surface area contributed by atoms with Gasteiger partial charge in [-0.25, -0.2) is 4.98 Å². The van der Waals surface area contributed by atoms with Crippen molar-refractivity contribution in [3.63, 3.8) is 0 Å². The molecule has 2 fully saturated rings. The summed E-state index contributed by atoms with van der Waals surface area (Å²) in [5, 5.41) is 5.44. The second kappa shape index (κ2) is 11.5. The van der Waals surface area contributed by atoms with E-state index in [2.05, 4.69) is 51.5 Å². The quantitative estimate of drug-likeness (QED) is 0.384. The zero-order chi connectivity index (χ0) is 21.3. The van der Waals surface area contributed by atoms with E-state index in [1.165, 1.54) is 11.3 Å². The van der Waals surface area contributed by atoms with Gasteiger partial charge in [-0.2, -0.15) is 5.10 Å². The van der Waals surface area contributed by atoms with E-state index in [0.717, 1.165) is 81.3 Å². The first-order valence-electron chi connectivity index (χ1n) is 10.9. The van der Waals surface area contributed by atoms with Crippen molar-refractivity contribution in [1.29, 1.82) is 0 Å². The third kappa shape index (κ3) is 6.93. The predicted octanol–water partition coefficient (Wildman–Crippen LogP) is 3.10. The number of pyridine rings is 1. The number of hydrogen-bond acceptors (Lipinski definition) is 8. The Kier molecular flexibility index (Phi) is 8.17. The number of ether oxygens (including phenoxy) is 2. The second-order valence-corrected chi connectivity index (χ2v) is 8.85. The number of rotatable bonds is 8. The molecular weight excluding hydrogens is 410 g/mol. The van der Waals surface area contributed by atoms with E-state index in [4.69, 9.17) is 14.5 Å². The van der Waals surface area contributed by atoms with Gasteiger partial charge in [0.25, 0.3) is 0 Å². The highest BCUT2D eigenvalue weighted by Gasteiger charge is 2.15. The van der Waals surface area contributed by atoms with Crippen LogP contribution in [0, 0.1) is 6.92 Å². The van der Waals surface area contributed by atoms with E-state index in [-0.39, 0.29) is 0 Å². The summed E-state index contributed by atoms with van der Waals surface area (Å²) in [6.07, 6.45) is 1.83. The smallest absolute Gasteiger partial charge is 0.149 e. The first-order valence-corrected chi connectivity index (χ1v) is 11.9. The first kappa shape index (κ1) is 22.1. The molecule has 0 spiro atoms. The minimum atomic E-state index is 0.760. The van der Waals surface area contributed by atoms with Gasteiger partial charge in [0.2, 0.25) is 0 Å². The maximum absolute atomic E-state index is 5.52. The average molecular weight is 442 g/mol. The Labute approximate surface area is 188 Å². The van der Waals surface area contributed by atoms with Gasteiger partial charge in [-0.15, -0.1) is 11.8 Å². The number of aryl methyl sites for hydroxylation is 1. The lowest BCUT2D eigenvalue weighted by Crippen LogP contribution is -2.37. The van der Waals surface area contributed by atoms with Crippen molar-refractivity contribution in [1.82, 2.24) is 9.88 Å². The molecule has 7 nitrogen and oxygen atoms in total. The molecule has 2 saturated heterocycles. The molecule has 0 bridgehead atoms. The van der Waals surface area contributed by atoms with Crippen molar-refractivity contribution < 1.29 is 9.47 Å². The second-order valence-electron chi connectivity index (χ2n) is 7.73. The van der Waals surface area contributed by atoms with Crippen molar-refractivity contribution >= 4 is 29.5 Å². The Hall–Kier alpha value is -2.13. The lowest BCUT2D eigenvalue weighted by molar-refractivity contribution is 0.0410. The number of hydrogen-bond donors (Lipinski definition) is 1. The van der Waals surface area contributed by atoms with Crippen LogP contribution in [0.15, 0.2) is 46.5 Å². The molecule has 0 saturated carbocycles. The summed E-state index contributed by atoms with van der Waals surface area (Å²) in [6.45, 7) is 10.1. The molecule has 2 aliphatic heterocycles. The van der Waals surface area contributed by atoms with Gasteiger partial charge in [0.1, 0.15) is 10.8 Å². The number of hydrazone groups is 1. The standard InChI is InChI=1S/C23H31N5O2S/c1-19-3-2-4-20(15-19)18-24-26-22-16-21(28-7-12-30-13-8-28)17-23(25-22)31-14-9-27-5-10-29-11-6-27/h2-4,15-18H,5-14H2,1H3,(H,25,26)/b24-18+. The van der Waals surface area contributed by atoms with Gasteiger partial charge < -0.3 is 14.4 Å². The molecule has 1 aromatic heterocycles. The Morgan fingerprint density at radius 2 is 1.84 bits per heavy atom. The van der Waals surface area contributed by atoms with Gasteiger partial charge in [-0.05, 0) is 18.6 Å². The summed E-state index contributed by atoms with van der Waals surface area (Å²) >= 11 is 1.79. The van der Waals surface area contributed by atoms with Gasteiger partial charge in [-0.1, -0.05) is 29.8 Å². The SMILES string of the molecule is Cc1cccc(/C=N/Nc2cc(N3CCOCC3)cc(SCCN3CCOCC3)n2)c1. The maximum atomic E-state index is 5.52. The molecule has 3 heterocycles. The number of aromatic nitrogens is 1. The average Bonchev–Trinajstić information content (AvgIpc) is 2.80. The molecule has 0 radical (unpaired) electrons. The topological polar surface area (TPSA) is 62.2 Å². The van der Waals surface area contributed by atoms with Crippen LogP contribution in [-0.4, -0.2) is 81.0 Å². The van der Waals surface area contributed by atoms with Gasteiger partial charge >= 0.3 is 0 Å². The van der Waals surface area contributed by atoms with Crippen LogP contribution in [0.5, 0.6) is 0 Å². The van der Waals surface area contributed by atoms with Crippen molar-refractivity contribution in [2.24, 2.45) is 5.10 Å². The summed E-state index contributed by atoms with van der Waals surface area (Å²) in [7, 11) is 0. The number of benzene rings is 1. The molecule has 2 aliphatic rings. The molecule has 1 N–H and O–H groups in total. The monoisotopic (exact) mass is 441 g/mol.